The first-order valence-electron chi connectivity index (χ1n) is 8.79. The molecule has 0 saturated carbocycles. The third-order valence-electron chi connectivity index (χ3n) is 4.39. The second-order valence-corrected chi connectivity index (χ2v) is 10.4. The molecule has 2 heteroatoms. The van der Waals surface area contributed by atoms with Gasteiger partial charge in [-0.05, 0) is 18.1 Å². The van der Waals surface area contributed by atoms with Gasteiger partial charge in [-0.1, -0.05) is 85.0 Å². The fourth-order valence-corrected chi connectivity index (χ4v) is 7.08. The molecule has 0 amide bonds. The summed E-state index contributed by atoms with van der Waals surface area (Å²) in [5.74, 6) is 0. The van der Waals surface area contributed by atoms with E-state index >= 15 is 0 Å². The van der Waals surface area contributed by atoms with Crippen LogP contribution in [0.2, 0.25) is 18.1 Å². The van der Waals surface area contributed by atoms with Crippen LogP contribution in [-0.2, 0) is 4.43 Å². The second kappa shape index (κ2) is 13.2. The van der Waals surface area contributed by atoms with Gasteiger partial charge in [-0.25, -0.2) is 0 Å². The van der Waals surface area contributed by atoms with Crippen LogP contribution in [0, 0.1) is 0 Å². The molecule has 0 spiro atoms. The van der Waals surface area contributed by atoms with Gasteiger partial charge in [-0.15, -0.1) is 0 Å². The molecule has 0 aliphatic carbocycles. The van der Waals surface area contributed by atoms with E-state index in [0.29, 0.717) is 0 Å². The minimum atomic E-state index is -1.39. The fraction of sp³-hybridized carbons (Fsp3) is 1.00. The largest absolute Gasteiger partial charge is 0.420 e. The molecule has 0 radical (unpaired) electrons. The lowest BCUT2D eigenvalue weighted by atomic mass is 10.2. The highest BCUT2D eigenvalue weighted by molar-refractivity contribution is 6.73. The predicted octanol–water partition coefficient (Wildman–Crippen LogP) is 6.54. The summed E-state index contributed by atoms with van der Waals surface area (Å²) >= 11 is 0. The first kappa shape index (κ1) is 19.2. The van der Waals surface area contributed by atoms with Gasteiger partial charge in [0.1, 0.15) is 0 Å². The molecule has 0 unspecified atom stereocenters. The Morgan fingerprint density at radius 1 is 0.579 bits per heavy atom. The Bertz CT molecular complexity index is 170. The zero-order chi connectivity index (χ0) is 14.4. The lowest BCUT2D eigenvalue weighted by Crippen LogP contribution is -2.36. The monoisotopic (exact) mass is 286 g/mol. The van der Waals surface area contributed by atoms with E-state index in [1.54, 1.807) is 0 Å². The van der Waals surface area contributed by atoms with Gasteiger partial charge < -0.3 is 4.43 Å². The van der Waals surface area contributed by atoms with Crippen molar-refractivity contribution in [3.8, 4) is 0 Å². The van der Waals surface area contributed by atoms with Crippen molar-refractivity contribution in [1.82, 2.24) is 0 Å². The molecule has 0 aliphatic heterocycles. The molecule has 0 bridgehead atoms. The van der Waals surface area contributed by atoms with Gasteiger partial charge in [0.2, 0.25) is 0 Å². The molecule has 0 saturated heterocycles. The molecular formula is C17H38OSi. The molecule has 1 nitrogen and oxygen atoms in total. The first-order valence-corrected chi connectivity index (χ1v) is 11.3. The van der Waals surface area contributed by atoms with E-state index in [9.17, 15) is 0 Å². The number of unbranched alkanes of at least 4 members (excludes halogenated alkanes) is 7. The molecule has 19 heavy (non-hydrogen) atoms. The quantitative estimate of drug-likeness (QED) is 0.260. The normalized spacial score (nSPS) is 12.0. The molecule has 0 aromatic heterocycles. The Morgan fingerprint density at radius 2 is 1.00 bits per heavy atom. The Labute approximate surface area is 123 Å². The van der Waals surface area contributed by atoms with E-state index in [2.05, 4.69) is 20.8 Å². The molecule has 0 atom stereocenters. The summed E-state index contributed by atoms with van der Waals surface area (Å²) < 4.78 is 6.14. The van der Waals surface area contributed by atoms with Gasteiger partial charge in [0, 0.05) is 7.11 Å². The number of hydrogen-bond donors (Lipinski definition) is 0. The fourth-order valence-electron chi connectivity index (χ4n) is 2.93. The van der Waals surface area contributed by atoms with Crippen molar-refractivity contribution in [2.24, 2.45) is 0 Å². The third-order valence-corrected chi connectivity index (χ3v) is 9.05. The van der Waals surface area contributed by atoms with Crippen molar-refractivity contribution in [3.63, 3.8) is 0 Å². The van der Waals surface area contributed by atoms with Gasteiger partial charge in [-0.2, -0.15) is 0 Å². The van der Waals surface area contributed by atoms with Crippen molar-refractivity contribution in [1.29, 1.82) is 0 Å². The van der Waals surface area contributed by atoms with E-state index in [-0.39, 0.29) is 0 Å². The van der Waals surface area contributed by atoms with Gasteiger partial charge in [-0.3, -0.25) is 0 Å². The number of rotatable bonds is 14. The van der Waals surface area contributed by atoms with Crippen LogP contribution in [0.15, 0.2) is 0 Å². The van der Waals surface area contributed by atoms with Gasteiger partial charge >= 0.3 is 0 Å². The Hall–Kier alpha value is 0.177. The van der Waals surface area contributed by atoms with Crippen molar-refractivity contribution in [2.75, 3.05) is 7.11 Å². The lowest BCUT2D eigenvalue weighted by molar-refractivity contribution is 0.381. The smallest absolute Gasteiger partial charge is 0.192 e. The van der Waals surface area contributed by atoms with Gasteiger partial charge in [0.05, 0.1) is 0 Å². The minimum absolute atomic E-state index is 1.32. The maximum atomic E-state index is 6.14. The Kier molecular flexibility index (Phi) is 13.3. The van der Waals surface area contributed by atoms with E-state index in [0.717, 1.165) is 0 Å². The van der Waals surface area contributed by atoms with E-state index < -0.39 is 8.32 Å². The lowest BCUT2D eigenvalue weighted by Gasteiger charge is -2.30. The molecule has 0 aromatic rings. The molecule has 0 rings (SSSR count). The van der Waals surface area contributed by atoms with Crippen LogP contribution in [0.4, 0.5) is 0 Å². The SMILES string of the molecule is CCCCCC[Si](CCCC)(CCCCCC)OC. The van der Waals surface area contributed by atoms with Crippen LogP contribution in [0.5, 0.6) is 0 Å². The molecular weight excluding hydrogens is 248 g/mol. The summed E-state index contributed by atoms with van der Waals surface area (Å²) in [5.41, 5.74) is 0. The zero-order valence-electron chi connectivity index (χ0n) is 14.1. The summed E-state index contributed by atoms with van der Waals surface area (Å²) in [5, 5.41) is 0. The van der Waals surface area contributed by atoms with Crippen molar-refractivity contribution < 1.29 is 4.43 Å². The highest BCUT2D eigenvalue weighted by Gasteiger charge is 2.31. The average molecular weight is 287 g/mol. The highest BCUT2D eigenvalue weighted by atomic mass is 28.4. The van der Waals surface area contributed by atoms with Gasteiger partial charge in [0.15, 0.2) is 8.32 Å². The van der Waals surface area contributed by atoms with Crippen molar-refractivity contribution in [3.05, 3.63) is 0 Å². The third kappa shape index (κ3) is 9.67. The van der Waals surface area contributed by atoms with Crippen LogP contribution >= 0.6 is 0 Å². The Morgan fingerprint density at radius 3 is 1.37 bits per heavy atom. The van der Waals surface area contributed by atoms with Crippen LogP contribution in [0.25, 0.3) is 0 Å². The van der Waals surface area contributed by atoms with Gasteiger partial charge in [0.25, 0.3) is 0 Å². The molecule has 116 valence electrons. The van der Waals surface area contributed by atoms with E-state index in [4.69, 9.17) is 4.43 Å². The summed E-state index contributed by atoms with van der Waals surface area (Å²) in [4.78, 5) is 0. The first-order chi connectivity index (χ1) is 9.24. The van der Waals surface area contributed by atoms with Crippen molar-refractivity contribution >= 4 is 8.32 Å². The minimum Gasteiger partial charge on any atom is -0.420 e. The standard InChI is InChI=1S/C17H38OSi/c1-5-8-11-13-16-19(18-4,15-10-7-3)17-14-12-9-6-2/h5-17H2,1-4H3. The summed E-state index contributed by atoms with van der Waals surface area (Å²) in [6.07, 6.45) is 13.8. The average Bonchev–Trinajstić information content (AvgIpc) is 2.45. The van der Waals surface area contributed by atoms with Crippen LogP contribution in [0.3, 0.4) is 0 Å². The summed E-state index contributed by atoms with van der Waals surface area (Å²) in [7, 11) is 0.611. The summed E-state index contributed by atoms with van der Waals surface area (Å²) in [6, 6.07) is 4.23. The summed E-state index contributed by atoms with van der Waals surface area (Å²) in [6.45, 7) is 6.90. The van der Waals surface area contributed by atoms with E-state index in [1.807, 2.05) is 7.11 Å². The topological polar surface area (TPSA) is 9.23 Å². The maximum Gasteiger partial charge on any atom is 0.192 e. The predicted molar refractivity (Wildman–Crippen MR) is 90.4 cm³/mol. The zero-order valence-corrected chi connectivity index (χ0v) is 15.1. The molecule has 0 aliphatic rings. The second-order valence-electron chi connectivity index (χ2n) is 6.11. The van der Waals surface area contributed by atoms with Crippen molar-refractivity contribution in [2.45, 2.75) is 103 Å². The van der Waals surface area contributed by atoms with Crippen LogP contribution in [0.1, 0.15) is 85.0 Å². The maximum absolute atomic E-state index is 6.14. The Balaban J connectivity index is 4.15. The highest BCUT2D eigenvalue weighted by Crippen LogP contribution is 2.29. The van der Waals surface area contributed by atoms with Crippen LogP contribution < -0.4 is 0 Å². The molecule has 0 heterocycles. The molecule has 0 N–H and O–H groups in total. The number of hydrogen-bond acceptors (Lipinski definition) is 1. The molecule has 0 aromatic carbocycles. The van der Waals surface area contributed by atoms with E-state index in [1.165, 1.54) is 82.3 Å². The molecule has 0 fully saturated rings. The van der Waals surface area contributed by atoms with Crippen LogP contribution in [-0.4, -0.2) is 15.4 Å².